The van der Waals surface area contributed by atoms with E-state index in [0.29, 0.717) is 6.42 Å². The molecule has 102 valence electrons. The highest BCUT2D eigenvalue weighted by molar-refractivity contribution is 5.91. The van der Waals surface area contributed by atoms with Crippen LogP contribution in [0.5, 0.6) is 0 Å². The van der Waals surface area contributed by atoms with Crippen LogP contribution in [0.15, 0.2) is 0 Å². The maximum atomic E-state index is 12.1. The molecule has 2 fully saturated rings. The Morgan fingerprint density at radius 3 is 2.39 bits per heavy atom. The van der Waals surface area contributed by atoms with Gasteiger partial charge in [-0.15, -0.1) is 0 Å². The lowest BCUT2D eigenvalue weighted by Gasteiger charge is -2.26. The Balaban J connectivity index is 1.91. The summed E-state index contributed by atoms with van der Waals surface area (Å²) in [5.74, 6) is -2.09. The van der Waals surface area contributed by atoms with Gasteiger partial charge in [-0.3, -0.25) is 9.59 Å². The summed E-state index contributed by atoms with van der Waals surface area (Å²) in [6.45, 7) is 3.62. The molecule has 0 radical (unpaired) electrons. The van der Waals surface area contributed by atoms with Crippen molar-refractivity contribution < 1.29 is 19.8 Å². The van der Waals surface area contributed by atoms with Gasteiger partial charge >= 0.3 is 5.97 Å². The third-order valence-corrected chi connectivity index (χ3v) is 4.37. The molecule has 0 heterocycles. The third-order valence-electron chi connectivity index (χ3n) is 4.37. The number of aliphatic hydroxyl groups is 1. The fourth-order valence-electron chi connectivity index (χ4n) is 3.17. The number of carboxylic acids is 1. The summed E-state index contributed by atoms with van der Waals surface area (Å²) in [4.78, 5) is 23.1. The quantitative estimate of drug-likeness (QED) is 0.695. The molecule has 5 nitrogen and oxygen atoms in total. The predicted molar refractivity (Wildman–Crippen MR) is 64.8 cm³/mol. The number of hydrogen-bond donors (Lipinski definition) is 3. The van der Waals surface area contributed by atoms with Crippen molar-refractivity contribution in [1.82, 2.24) is 5.32 Å². The van der Waals surface area contributed by atoms with Crippen molar-refractivity contribution in [3.63, 3.8) is 0 Å². The van der Waals surface area contributed by atoms with Gasteiger partial charge in [0.1, 0.15) is 0 Å². The molecule has 18 heavy (non-hydrogen) atoms. The zero-order valence-electron chi connectivity index (χ0n) is 10.8. The predicted octanol–water partition coefficient (Wildman–Crippen LogP) is 0.763. The van der Waals surface area contributed by atoms with Crippen molar-refractivity contribution in [3.8, 4) is 0 Å². The van der Waals surface area contributed by atoms with Crippen molar-refractivity contribution in [3.05, 3.63) is 0 Å². The van der Waals surface area contributed by atoms with Gasteiger partial charge in [-0.1, -0.05) is 13.8 Å². The molecular formula is C13H21NO4. The minimum atomic E-state index is -0.899. The Morgan fingerprint density at radius 1 is 1.22 bits per heavy atom. The smallest absolute Gasteiger partial charge is 0.307 e. The third kappa shape index (κ3) is 2.36. The van der Waals surface area contributed by atoms with E-state index in [1.165, 1.54) is 0 Å². The summed E-state index contributed by atoms with van der Waals surface area (Å²) in [6, 6.07) is -0.00732. The van der Waals surface area contributed by atoms with Crippen molar-refractivity contribution in [2.75, 3.05) is 0 Å². The molecular weight excluding hydrogens is 234 g/mol. The fourth-order valence-corrected chi connectivity index (χ4v) is 3.17. The molecule has 0 bridgehead atoms. The average Bonchev–Trinajstić information content (AvgIpc) is 2.81. The molecule has 3 N–H and O–H groups in total. The van der Waals surface area contributed by atoms with Gasteiger partial charge in [0.2, 0.25) is 5.91 Å². The molecule has 2 rings (SSSR count). The van der Waals surface area contributed by atoms with Crippen LogP contribution in [0.4, 0.5) is 0 Å². The van der Waals surface area contributed by atoms with Crippen LogP contribution in [0, 0.1) is 17.3 Å². The number of rotatable bonds is 3. The second-order valence-corrected chi connectivity index (χ2v) is 6.14. The van der Waals surface area contributed by atoms with E-state index in [1.807, 2.05) is 13.8 Å². The van der Waals surface area contributed by atoms with Crippen LogP contribution in [0.2, 0.25) is 0 Å². The summed E-state index contributed by atoms with van der Waals surface area (Å²) in [7, 11) is 0. The highest BCUT2D eigenvalue weighted by Crippen LogP contribution is 2.58. The molecule has 0 aromatic carbocycles. The highest BCUT2D eigenvalue weighted by atomic mass is 16.4. The molecule has 0 aliphatic heterocycles. The van der Waals surface area contributed by atoms with E-state index in [-0.39, 0.29) is 18.1 Å². The van der Waals surface area contributed by atoms with Crippen molar-refractivity contribution >= 4 is 11.9 Å². The van der Waals surface area contributed by atoms with E-state index < -0.39 is 23.2 Å². The lowest BCUT2D eigenvalue weighted by atomic mass is 9.93. The molecule has 4 atom stereocenters. The van der Waals surface area contributed by atoms with Crippen LogP contribution in [0.1, 0.15) is 39.5 Å². The van der Waals surface area contributed by atoms with Gasteiger partial charge in [-0.25, -0.2) is 0 Å². The fraction of sp³-hybridized carbons (Fsp3) is 0.846. The second kappa shape index (κ2) is 4.53. The van der Waals surface area contributed by atoms with Crippen LogP contribution >= 0.6 is 0 Å². The van der Waals surface area contributed by atoms with Crippen LogP contribution in [-0.4, -0.2) is 34.2 Å². The van der Waals surface area contributed by atoms with Crippen LogP contribution in [-0.2, 0) is 9.59 Å². The molecule has 2 aliphatic rings. The van der Waals surface area contributed by atoms with E-state index in [0.717, 1.165) is 19.3 Å². The first-order valence-electron chi connectivity index (χ1n) is 6.55. The zero-order valence-corrected chi connectivity index (χ0v) is 10.8. The van der Waals surface area contributed by atoms with Crippen LogP contribution < -0.4 is 5.32 Å². The number of carboxylic acid groups (broad SMARTS) is 1. The minimum absolute atomic E-state index is 0.00732. The molecule has 0 saturated heterocycles. The Bertz CT molecular complexity index is 366. The van der Waals surface area contributed by atoms with Gasteiger partial charge in [-0.2, -0.15) is 0 Å². The molecule has 0 aromatic heterocycles. The first kappa shape index (κ1) is 13.3. The Labute approximate surface area is 107 Å². The van der Waals surface area contributed by atoms with Gasteiger partial charge in [0.25, 0.3) is 0 Å². The number of carbonyl (C=O) groups is 2. The lowest BCUT2D eigenvalue weighted by molar-refractivity contribution is -0.140. The number of nitrogens with one attached hydrogen (secondary N) is 1. The molecule has 4 unspecified atom stereocenters. The minimum Gasteiger partial charge on any atom is -0.481 e. The second-order valence-electron chi connectivity index (χ2n) is 6.14. The number of hydrogen-bond acceptors (Lipinski definition) is 3. The summed E-state index contributed by atoms with van der Waals surface area (Å²) < 4.78 is 0. The van der Waals surface area contributed by atoms with E-state index in [4.69, 9.17) is 5.11 Å². The molecule has 0 spiro atoms. The number of aliphatic carboxylic acids is 1. The number of carbonyl (C=O) groups excluding carboxylic acids is 1. The Kier molecular flexibility index (Phi) is 3.36. The lowest BCUT2D eigenvalue weighted by Crippen LogP contribution is -2.41. The monoisotopic (exact) mass is 255 g/mol. The SMILES string of the molecule is CC1(C)C(C(=O)O)C1C(=O)NC1CCCC(O)C1. The topological polar surface area (TPSA) is 86.6 Å². The van der Waals surface area contributed by atoms with Gasteiger partial charge in [-0.05, 0) is 31.1 Å². The van der Waals surface area contributed by atoms with Crippen molar-refractivity contribution in [1.29, 1.82) is 0 Å². The normalized spacial score (nSPS) is 37.9. The first-order valence-corrected chi connectivity index (χ1v) is 6.55. The van der Waals surface area contributed by atoms with Crippen molar-refractivity contribution in [2.24, 2.45) is 17.3 Å². The van der Waals surface area contributed by atoms with Crippen LogP contribution in [0.3, 0.4) is 0 Å². The standard InChI is InChI=1S/C13H21NO4/c1-13(2)9(10(13)12(17)18)11(16)14-7-4-3-5-8(15)6-7/h7-10,15H,3-6H2,1-2H3,(H,14,16)(H,17,18). The largest absolute Gasteiger partial charge is 0.481 e. The highest BCUT2D eigenvalue weighted by Gasteiger charge is 2.66. The van der Waals surface area contributed by atoms with E-state index >= 15 is 0 Å². The van der Waals surface area contributed by atoms with E-state index in [1.54, 1.807) is 0 Å². The van der Waals surface area contributed by atoms with Gasteiger partial charge in [0.15, 0.2) is 0 Å². The zero-order chi connectivity index (χ0) is 13.5. The molecule has 1 amide bonds. The Morgan fingerprint density at radius 2 is 1.89 bits per heavy atom. The van der Waals surface area contributed by atoms with Crippen LogP contribution in [0.25, 0.3) is 0 Å². The summed E-state index contributed by atoms with van der Waals surface area (Å²) >= 11 is 0. The van der Waals surface area contributed by atoms with Gasteiger partial charge < -0.3 is 15.5 Å². The average molecular weight is 255 g/mol. The Hall–Kier alpha value is -1.10. The first-order chi connectivity index (χ1) is 8.34. The summed E-state index contributed by atoms with van der Waals surface area (Å²) in [5, 5.41) is 21.5. The maximum absolute atomic E-state index is 12.1. The maximum Gasteiger partial charge on any atom is 0.307 e. The van der Waals surface area contributed by atoms with E-state index in [9.17, 15) is 14.7 Å². The number of amides is 1. The summed E-state index contributed by atoms with van der Waals surface area (Å²) in [5.41, 5.74) is -0.455. The van der Waals surface area contributed by atoms with E-state index in [2.05, 4.69) is 5.32 Å². The summed E-state index contributed by atoms with van der Waals surface area (Å²) in [6.07, 6.45) is 2.80. The molecule has 2 saturated carbocycles. The van der Waals surface area contributed by atoms with Gasteiger partial charge in [0.05, 0.1) is 17.9 Å². The van der Waals surface area contributed by atoms with Gasteiger partial charge in [0, 0.05) is 6.04 Å². The molecule has 0 aromatic rings. The number of aliphatic hydroxyl groups excluding tert-OH is 1. The molecule has 2 aliphatic carbocycles. The molecule has 5 heteroatoms. The van der Waals surface area contributed by atoms with Crippen molar-refractivity contribution in [2.45, 2.75) is 51.7 Å².